The van der Waals surface area contributed by atoms with Gasteiger partial charge in [-0.25, -0.2) is 0 Å². The van der Waals surface area contributed by atoms with Crippen LogP contribution in [0.25, 0.3) is 0 Å². The van der Waals surface area contributed by atoms with Gasteiger partial charge in [-0.3, -0.25) is 14.6 Å². The second kappa shape index (κ2) is 17.5. The van der Waals surface area contributed by atoms with E-state index in [0.717, 1.165) is 38.3 Å². The molecule has 1 aliphatic rings. The Labute approximate surface area is 205 Å². The van der Waals surface area contributed by atoms with E-state index < -0.39 is 0 Å². The molecule has 182 valence electrons. The standard InChI is InChI=1S/C22H43N5O3.HI/c1-6-23-22(25-19(4)17-30-5)24-11-9-7-8-10-20(28)26-12-14-27(15-13-26)21(29)16-18(2)3;/h18-19H,6-17H2,1-5H3,(H2,23,24,25);1H. The van der Waals surface area contributed by atoms with Crippen LogP contribution in [0.2, 0.25) is 0 Å². The first-order valence-corrected chi connectivity index (χ1v) is 11.5. The fourth-order valence-corrected chi connectivity index (χ4v) is 3.44. The lowest BCUT2D eigenvalue weighted by Crippen LogP contribution is -2.50. The minimum atomic E-state index is 0. The summed E-state index contributed by atoms with van der Waals surface area (Å²) in [6, 6.07) is 0.201. The topological polar surface area (TPSA) is 86.3 Å². The van der Waals surface area contributed by atoms with Gasteiger partial charge >= 0.3 is 0 Å². The summed E-state index contributed by atoms with van der Waals surface area (Å²) in [6.45, 7) is 13.0. The van der Waals surface area contributed by atoms with Crippen molar-refractivity contribution in [2.24, 2.45) is 10.9 Å². The number of piperazine rings is 1. The third-order valence-corrected chi connectivity index (χ3v) is 5.03. The van der Waals surface area contributed by atoms with Crippen LogP contribution in [0.4, 0.5) is 0 Å². The van der Waals surface area contributed by atoms with Crippen LogP contribution in [0.15, 0.2) is 4.99 Å². The number of guanidine groups is 1. The first-order valence-electron chi connectivity index (χ1n) is 11.5. The van der Waals surface area contributed by atoms with Gasteiger partial charge in [0.25, 0.3) is 0 Å². The van der Waals surface area contributed by atoms with E-state index in [1.54, 1.807) is 7.11 Å². The van der Waals surface area contributed by atoms with Gasteiger partial charge in [-0.15, -0.1) is 24.0 Å². The maximum atomic E-state index is 12.4. The lowest BCUT2D eigenvalue weighted by atomic mass is 10.1. The highest BCUT2D eigenvalue weighted by Crippen LogP contribution is 2.10. The number of nitrogens with one attached hydrogen (secondary N) is 2. The quantitative estimate of drug-likeness (QED) is 0.168. The number of halogens is 1. The Balaban J connectivity index is 0.00000900. The second-order valence-electron chi connectivity index (χ2n) is 8.43. The molecule has 31 heavy (non-hydrogen) atoms. The molecule has 1 rings (SSSR count). The molecule has 0 bridgehead atoms. The Morgan fingerprint density at radius 3 is 2.16 bits per heavy atom. The Bertz CT molecular complexity index is 537. The third kappa shape index (κ3) is 13.1. The van der Waals surface area contributed by atoms with Gasteiger partial charge < -0.3 is 25.2 Å². The van der Waals surface area contributed by atoms with Gasteiger partial charge in [0.2, 0.25) is 11.8 Å². The second-order valence-corrected chi connectivity index (χ2v) is 8.43. The molecule has 1 unspecified atom stereocenters. The van der Waals surface area contributed by atoms with Crippen LogP contribution in [0.1, 0.15) is 59.8 Å². The molecule has 0 aromatic rings. The average molecular weight is 554 g/mol. The van der Waals surface area contributed by atoms with Crippen molar-refractivity contribution in [3.05, 3.63) is 0 Å². The molecule has 0 radical (unpaired) electrons. The Hall–Kier alpha value is -1.10. The molecule has 1 aliphatic heterocycles. The molecule has 9 heteroatoms. The maximum absolute atomic E-state index is 12.4. The first kappa shape index (κ1) is 29.9. The molecule has 1 atom stereocenters. The lowest BCUT2D eigenvalue weighted by Gasteiger charge is -2.35. The predicted octanol–water partition coefficient (Wildman–Crippen LogP) is 2.47. The molecule has 1 saturated heterocycles. The van der Waals surface area contributed by atoms with E-state index in [1.807, 2.05) is 16.7 Å². The molecule has 0 spiro atoms. The molecule has 8 nitrogen and oxygen atoms in total. The Kier molecular flexibility index (Phi) is 16.8. The monoisotopic (exact) mass is 553 g/mol. The van der Waals surface area contributed by atoms with E-state index in [9.17, 15) is 9.59 Å². The highest BCUT2D eigenvalue weighted by atomic mass is 127. The maximum Gasteiger partial charge on any atom is 0.222 e. The van der Waals surface area contributed by atoms with E-state index >= 15 is 0 Å². The number of unbranched alkanes of at least 4 members (excludes halogenated alkanes) is 2. The van der Waals surface area contributed by atoms with Crippen molar-refractivity contribution in [3.8, 4) is 0 Å². The summed E-state index contributed by atoms with van der Waals surface area (Å²) in [6.07, 6.45) is 3.99. The summed E-state index contributed by atoms with van der Waals surface area (Å²) >= 11 is 0. The van der Waals surface area contributed by atoms with Gasteiger partial charge in [0.1, 0.15) is 0 Å². The van der Waals surface area contributed by atoms with Crippen LogP contribution in [-0.4, -0.2) is 86.6 Å². The van der Waals surface area contributed by atoms with Gasteiger partial charge in [0, 0.05) is 65.3 Å². The van der Waals surface area contributed by atoms with Crippen molar-refractivity contribution >= 4 is 41.8 Å². The first-order chi connectivity index (χ1) is 14.4. The van der Waals surface area contributed by atoms with Crippen LogP contribution in [0, 0.1) is 5.92 Å². The number of amides is 2. The van der Waals surface area contributed by atoms with Crippen molar-refractivity contribution in [1.82, 2.24) is 20.4 Å². The normalized spacial score (nSPS) is 15.5. The van der Waals surface area contributed by atoms with E-state index in [-0.39, 0.29) is 41.8 Å². The number of nitrogens with zero attached hydrogens (tertiary/aromatic N) is 3. The van der Waals surface area contributed by atoms with Crippen LogP contribution in [-0.2, 0) is 14.3 Å². The summed E-state index contributed by atoms with van der Waals surface area (Å²) in [5.74, 6) is 1.60. The highest BCUT2D eigenvalue weighted by molar-refractivity contribution is 14.0. The van der Waals surface area contributed by atoms with Gasteiger partial charge in [-0.05, 0) is 32.6 Å². The summed E-state index contributed by atoms with van der Waals surface area (Å²) < 4.78 is 5.14. The number of carbonyl (C=O) groups is 2. The molecule has 0 aliphatic carbocycles. The van der Waals surface area contributed by atoms with Crippen molar-refractivity contribution in [1.29, 1.82) is 0 Å². The smallest absolute Gasteiger partial charge is 0.222 e. The number of carbonyl (C=O) groups excluding carboxylic acids is 2. The van der Waals surface area contributed by atoms with Gasteiger partial charge in [-0.1, -0.05) is 20.3 Å². The predicted molar refractivity (Wildman–Crippen MR) is 137 cm³/mol. The number of methoxy groups -OCH3 is 1. The highest BCUT2D eigenvalue weighted by Gasteiger charge is 2.23. The fraction of sp³-hybridized carbons (Fsp3) is 0.864. The lowest BCUT2D eigenvalue weighted by molar-refractivity contribution is -0.140. The minimum absolute atomic E-state index is 0. The van der Waals surface area contributed by atoms with Crippen LogP contribution >= 0.6 is 24.0 Å². The van der Waals surface area contributed by atoms with Crippen molar-refractivity contribution < 1.29 is 14.3 Å². The van der Waals surface area contributed by atoms with E-state index in [4.69, 9.17) is 4.74 Å². The molecule has 0 saturated carbocycles. The largest absolute Gasteiger partial charge is 0.383 e. The zero-order chi connectivity index (χ0) is 22.4. The molecule has 0 aromatic heterocycles. The van der Waals surface area contributed by atoms with Crippen LogP contribution < -0.4 is 10.6 Å². The molecule has 0 aromatic carbocycles. The fourth-order valence-electron chi connectivity index (χ4n) is 3.44. The molecule has 1 fully saturated rings. The zero-order valence-electron chi connectivity index (χ0n) is 20.1. The Morgan fingerprint density at radius 1 is 1.00 bits per heavy atom. The molecular formula is C22H44IN5O3. The van der Waals surface area contributed by atoms with E-state index in [1.165, 1.54) is 0 Å². The molecule has 2 N–H and O–H groups in total. The SMILES string of the molecule is CCNC(=NCCCCCC(=O)N1CCN(C(=O)CC(C)C)CC1)NC(C)COC.I. The summed E-state index contributed by atoms with van der Waals surface area (Å²) in [7, 11) is 1.69. The van der Waals surface area contributed by atoms with Gasteiger partial charge in [0.15, 0.2) is 5.96 Å². The van der Waals surface area contributed by atoms with Crippen molar-refractivity contribution in [2.75, 3.05) is 53.0 Å². The average Bonchev–Trinajstić information content (AvgIpc) is 2.70. The number of hydrogen-bond donors (Lipinski definition) is 2. The van der Waals surface area contributed by atoms with Crippen LogP contribution in [0.5, 0.6) is 0 Å². The van der Waals surface area contributed by atoms with Gasteiger partial charge in [0.05, 0.1) is 6.61 Å². The minimum Gasteiger partial charge on any atom is -0.383 e. The van der Waals surface area contributed by atoms with Crippen LogP contribution in [0.3, 0.4) is 0 Å². The summed E-state index contributed by atoms with van der Waals surface area (Å²) in [5, 5.41) is 6.56. The number of rotatable bonds is 12. The van der Waals surface area contributed by atoms with Crippen molar-refractivity contribution in [3.63, 3.8) is 0 Å². The van der Waals surface area contributed by atoms with Crippen molar-refractivity contribution in [2.45, 2.75) is 65.8 Å². The number of hydrogen-bond acceptors (Lipinski definition) is 4. The summed E-state index contributed by atoms with van der Waals surface area (Å²) in [4.78, 5) is 33.0. The van der Waals surface area contributed by atoms with E-state index in [2.05, 4.69) is 36.4 Å². The zero-order valence-corrected chi connectivity index (χ0v) is 22.4. The Morgan fingerprint density at radius 2 is 1.61 bits per heavy atom. The molecular weight excluding hydrogens is 509 g/mol. The number of ether oxygens (including phenoxy) is 1. The van der Waals surface area contributed by atoms with E-state index in [0.29, 0.717) is 51.5 Å². The summed E-state index contributed by atoms with van der Waals surface area (Å²) in [5.41, 5.74) is 0. The molecule has 1 heterocycles. The van der Waals surface area contributed by atoms with Gasteiger partial charge in [-0.2, -0.15) is 0 Å². The third-order valence-electron chi connectivity index (χ3n) is 5.03. The molecule has 2 amide bonds. The number of aliphatic imine (C=N–C) groups is 1.